The van der Waals surface area contributed by atoms with Gasteiger partial charge in [-0.25, -0.2) is 0 Å². The zero-order chi connectivity index (χ0) is 27.4. The first kappa shape index (κ1) is 27.8. The molecule has 5 N–H and O–H groups in total. The van der Waals surface area contributed by atoms with Gasteiger partial charge in [0, 0.05) is 66.8 Å². The first-order valence-corrected chi connectivity index (χ1v) is 15.9. The number of nitrogens with two attached hydrogens (primary N) is 1. The highest BCUT2D eigenvalue weighted by Gasteiger charge is 2.46. The molecule has 4 rings (SSSR count). The van der Waals surface area contributed by atoms with Crippen LogP contribution in [-0.4, -0.2) is 58.9 Å². The van der Waals surface area contributed by atoms with Gasteiger partial charge in [-0.1, -0.05) is 12.1 Å². The lowest BCUT2D eigenvalue weighted by Gasteiger charge is -2.43. The number of nitrogen functional groups attached to an aromatic ring is 1. The van der Waals surface area contributed by atoms with Gasteiger partial charge in [0.2, 0.25) is 0 Å². The summed E-state index contributed by atoms with van der Waals surface area (Å²) in [6.45, 7) is 6.53. The molecule has 0 saturated heterocycles. The van der Waals surface area contributed by atoms with Gasteiger partial charge >= 0.3 is 0 Å². The van der Waals surface area contributed by atoms with Crippen LogP contribution in [0.2, 0.25) is 18.6 Å². The quantitative estimate of drug-likeness (QED) is 0.227. The summed E-state index contributed by atoms with van der Waals surface area (Å²) in [5, 5.41) is 20.3. The molecule has 2 heterocycles. The van der Waals surface area contributed by atoms with Crippen molar-refractivity contribution in [1.82, 2.24) is 15.0 Å². The average Bonchev–Trinajstić information content (AvgIpc) is 3.31. The number of benzene rings is 2. The Morgan fingerprint density at radius 3 is 2.66 bits per heavy atom. The van der Waals surface area contributed by atoms with Crippen LogP contribution in [0.25, 0.3) is 0 Å². The molecule has 4 atom stereocenters. The van der Waals surface area contributed by atoms with Gasteiger partial charge in [0.25, 0.3) is 5.91 Å². The molecule has 11 heteroatoms. The molecule has 0 bridgehead atoms. The third-order valence-electron chi connectivity index (χ3n) is 7.19. The fraction of sp³-hybridized carbons (Fsp3) is 0.444. The van der Waals surface area contributed by atoms with E-state index in [1.807, 2.05) is 37.5 Å². The lowest BCUT2D eigenvalue weighted by molar-refractivity contribution is -0.0247. The monoisotopic (exact) mass is 539 g/mol. The van der Waals surface area contributed by atoms with E-state index in [9.17, 15) is 9.59 Å². The van der Waals surface area contributed by atoms with Gasteiger partial charge in [-0.15, -0.1) is 5.10 Å². The van der Waals surface area contributed by atoms with E-state index in [0.29, 0.717) is 42.1 Å². The van der Waals surface area contributed by atoms with Gasteiger partial charge in [-0.3, -0.25) is 9.48 Å². The topological polar surface area (TPSA) is 145 Å². The van der Waals surface area contributed by atoms with Gasteiger partial charge in [0.05, 0.1) is 11.8 Å². The third kappa shape index (κ3) is 6.24. The predicted molar refractivity (Wildman–Crippen MR) is 147 cm³/mol. The summed E-state index contributed by atoms with van der Waals surface area (Å²) in [5.74, 6) is 0.393. The standard InChI is InChI=1S/C27H37N5O5Si/c1-17-25(36-2)22-15-20(29-27(34)18-5-7-19(28)8-6-18)9-10-23(22)37-26(17)24(38(3,4)35)11-13-32-16-21(12-14-33)30-31-32/h5-10,15-17,24-26,33,35H,11-14,28H2,1-4H3,(H,29,34)/t17-,24?,25-,26-/m0/s1. The number of ether oxygens (including phenoxy) is 2. The van der Waals surface area contributed by atoms with E-state index in [0.717, 1.165) is 11.3 Å². The molecular formula is C27H37N5O5Si. The fourth-order valence-electron chi connectivity index (χ4n) is 5.16. The normalized spacial score (nSPS) is 19.9. The van der Waals surface area contributed by atoms with Crippen molar-refractivity contribution in [2.24, 2.45) is 5.92 Å². The van der Waals surface area contributed by atoms with Crippen LogP contribution in [0, 0.1) is 5.92 Å². The molecule has 3 aromatic rings. The molecule has 1 unspecified atom stereocenters. The van der Waals surface area contributed by atoms with Gasteiger partial charge in [-0.2, -0.15) is 0 Å². The van der Waals surface area contributed by atoms with Crippen molar-refractivity contribution in [3.8, 4) is 5.75 Å². The number of aliphatic hydroxyl groups excluding tert-OH is 1. The molecule has 1 aliphatic rings. The molecule has 1 aromatic heterocycles. The molecule has 1 aliphatic heterocycles. The Morgan fingerprint density at radius 1 is 1.26 bits per heavy atom. The van der Waals surface area contributed by atoms with Crippen LogP contribution in [0.1, 0.15) is 41.1 Å². The summed E-state index contributed by atoms with van der Waals surface area (Å²) in [6.07, 6.45) is 2.40. The maximum atomic E-state index is 12.7. The van der Waals surface area contributed by atoms with E-state index in [2.05, 4.69) is 22.6 Å². The Morgan fingerprint density at radius 2 is 2.00 bits per heavy atom. The second-order valence-corrected chi connectivity index (χ2v) is 14.5. The zero-order valence-electron chi connectivity index (χ0n) is 22.3. The highest BCUT2D eigenvalue weighted by Crippen LogP contribution is 2.47. The number of methoxy groups -OCH3 is 1. The number of rotatable bonds is 10. The minimum atomic E-state index is -2.66. The van der Waals surface area contributed by atoms with Gasteiger partial charge in [-0.05, 0) is 62.0 Å². The lowest BCUT2D eigenvalue weighted by atomic mass is 9.86. The Balaban J connectivity index is 1.54. The van der Waals surface area contributed by atoms with E-state index in [4.69, 9.17) is 20.3 Å². The summed E-state index contributed by atoms with van der Waals surface area (Å²) in [7, 11) is -0.996. The van der Waals surface area contributed by atoms with Crippen molar-refractivity contribution in [3.63, 3.8) is 0 Å². The molecule has 2 aromatic carbocycles. The number of carbonyl (C=O) groups is 1. The van der Waals surface area contributed by atoms with Crippen molar-refractivity contribution >= 4 is 25.6 Å². The smallest absolute Gasteiger partial charge is 0.255 e. The molecule has 0 fully saturated rings. The predicted octanol–water partition coefficient (Wildman–Crippen LogP) is 3.39. The van der Waals surface area contributed by atoms with Crippen LogP contribution < -0.4 is 15.8 Å². The second-order valence-electron chi connectivity index (χ2n) is 10.4. The molecule has 10 nitrogen and oxygen atoms in total. The Bertz CT molecular complexity index is 1240. The van der Waals surface area contributed by atoms with Crippen LogP contribution in [-0.2, 0) is 17.7 Å². The Kier molecular flexibility index (Phi) is 8.51. The number of fused-ring (bicyclic) bond motifs is 1. The molecule has 1 amide bonds. The molecule has 0 aliphatic carbocycles. The van der Waals surface area contributed by atoms with Crippen molar-refractivity contribution in [2.45, 2.75) is 57.2 Å². The van der Waals surface area contributed by atoms with Crippen LogP contribution in [0.3, 0.4) is 0 Å². The maximum absolute atomic E-state index is 12.7. The first-order chi connectivity index (χ1) is 18.1. The van der Waals surface area contributed by atoms with Gasteiger partial charge < -0.3 is 30.4 Å². The van der Waals surface area contributed by atoms with E-state index in [1.165, 1.54) is 0 Å². The number of aromatic nitrogens is 3. The largest absolute Gasteiger partial charge is 0.490 e. The van der Waals surface area contributed by atoms with E-state index >= 15 is 0 Å². The Hall–Kier alpha value is -3.25. The van der Waals surface area contributed by atoms with Crippen molar-refractivity contribution in [3.05, 3.63) is 65.5 Å². The lowest BCUT2D eigenvalue weighted by Crippen LogP contribution is -2.48. The SMILES string of the molecule is CO[C@@H]1c2cc(NC(=O)c3ccc(N)cc3)ccc2O[C@H](C(CCn2cc(CCO)nn2)[Si](C)(C)O)[C@H]1C. The Labute approximate surface area is 223 Å². The number of aliphatic hydroxyl groups is 1. The number of nitrogens with zero attached hydrogens (tertiary/aromatic N) is 3. The van der Waals surface area contributed by atoms with Crippen LogP contribution in [0.15, 0.2) is 48.7 Å². The van der Waals surface area contributed by atoms with E-state index in [1.54, 1.807) is 36.1 Å². The van der Waals surface area contributed by atoms with Crippen LogP contribution >= 0.6 is 0 Å². The maximum Gasteiger partial charge on any atom is 0.255 e. The minimum absolute atomic E-state index is 0.0237. The number of hydrogen-bond donors (Lipinski definition) is 4. The first-order valence-electron chi connectivity index (χ1n) is 12.8. The van der Waals surface area contributed by atoms with Crippen LogP contribution in [0.4, 0.5) is 11.4 Å². The molecule has 38 heavy (non-hydrogen) atoms. The number of nitrogens with one attached hydrogen (secondary N) is 1. The second kappa shape index (κ2) is 11.6. The number of aryl methyl sites for hydroxylation is 1. The van der Waals surface area contributed by atoms with E-state index < -0.39 is 8.32 Å². The molecule has 0 saturated carbocycles. The molecule has 204 valence electrons. The number of carbonyl (C=O) groups excluding carboxylic acids is 1. The summed E-state index contributed by atoms with van der Waals surface area (Å²) < 4.78 is 14.2. The third-order valence-corrected chi connectivity index (χ3v) is 9.62. The molecule has 0 radical (unpaired) electrons. The highest BCUT2D eigenvalue weighted by atomic mass is 28.4. The summed E-state index contributed by atoms with van der Waals surface area (Å²) in [6, 6.07) is 12.3. The van der Waals surface area contributed by atoms with Gasteiger partial charge in [0.15, 0.2) is 8.32 Å². The zero-order valence-corrected chi connectivity index (χ0v) is 23.3. The van der Waals surface area contributed by atoms with Crippen LogP contribution in [0.5, 0.6) is 5.75 Å². The average molecular weight is 540 g/mol. The number of anilines is 2. The van der Waals surface area contributed by atoms with E-state index in [-0.39, 0.29) is 36.2 Å². The van der Waals surface area contributed by atoms with Crippen molar-refractivity contribution in [2.75, 3.05) is 24.8 Å². The van der Waals surface area contributed by atoms with Crippen molar-refractivity contribution < 1.29 is 24.2 Å². The number of amides is 1. The summed E-state index contributed by atoms with van der Waals surface area (Å²) in [5.41, 5.74) is 8.97. The highest BCUT2D eigenvalue weighted by molar-refractivity contribution is 6.71. The fourth-order valence-corrected chi connectivity index (χ4v) is 7.17. The number of hydrogen-bond acceptors (Lipinski definition) is 8. The minimum Gasteiger partial charge on any atom is -0.490 e. The molecular weight excluding hydrogens is 502 g/mol. The molecule has 0 spiro atoms. The summed E-state index contributed by atoms with van der Waals surface area (Å²) in [4.78, 5) is 24.0. The van der Waals surface area contributed by atoms with Gasteiger partial charge in [0.1, 0.15) is 11.9 Å². The van der Waals surface area contributed by atoms with Crippen molar-refractivity contribution in [1.29, 1.82) is 0 Å². The summed E-state index contributed by atoms with van der Waals surface area (Å²) >= 11 is 0.